The second-order valence-electron chi connectivity index (χ2n) is 19.0. The van der Waals surface area contributed by atoms with Crippen LogP contribution in [-0.2, 0) is 54.3 Å². The Kier molecular flexibility index (Phi) is 17.9. The molecule has 8 atom stereocenters. The van der Waals surface area contributed by atoms with E-state index in [0.717, 1.165) is 0 Å². The summed E-state index contributed by atoms with van der Waals surface area (Å²) in [6.07, 6.45) is 5.76. The van der Waals surface area contributed by atoms with Crippen LogP contribution in [0.3, 0.4) is 0 Å². The average molecular weight is 891 g/mol. The van der Waals surface area contributed by atoms with Gasteiger partial charge in [0.05, 0.1) is 5.41 Å². The van der Waals surface area contributed by atoms with E-state index in [2.05, 4.69) is 21.9 Å². The molecule has 1 aromatic carbocycles. The lowest BCUT2D eigenvalue weighted by molar-refractivity contribution is -0.168. The number of hydrogen-bond donors (Lipinski definition) is 3. The normalized spacial score (nSPS) is 28.4. The Balaban J connectivity index is 1.81. The molecule has 5 unspecified atom stereocenters. The molecule has 64 heavy (non-hydrogen) atoms. The maximum absolute atomic E-state index is 14.4. The summed E-state index contributed by atoms with van der Waals surface area (Å²) in [6, 6.07) is 2.47. The van der Waals surface area contributed by atoms with Gasteiger partial charge in [-0.2, -0.15) is 0 Å². The number of carbonyl (C=O) groups is 8. The molecular weight excluding hydrogens is 821 g/mol. The van der Waals surface area contributed by atoms with Gasteiger partial charge in [0.25, 0.3) is 5.91 Å². The van der Waals surface area contributed by atoms with Crippen LogP contribution in [0.2, 0.25) is 0 Å². The zero-order valence-electron chi connectivity index (χ0n) is 39.3. The molecule has 0 spiro atoms. The number of hydrogen-bond acceptors (Lipinski definition) is 10. The van der Waals surface area contributed by atoms with Gasteiger partial charge >= 0.3 is 11.9 Å². The minimum Gasteiger partial charge on any atom is -0.460 e. The predicted octanol–water partition coefficient (Wildman–Crippen LogP) is 3.15. The Labute approximate surface area is 378 Å². The molecule has 4 rings (SSSR count). The van der Waals surface area contributed by atoms with Crippen LogP contribution in [0.1, 0.15) is 113 Å². The maximum Gasteiger partial charge on any atom is 0.329 e. The van der Waals surface area contributed by atoms with Crippen molar-refractivity contribution in [3.63, 3.8) is 0 Å². The molecule has 0 radical (unpaired) electrons. The van der Waals surface area contributed by atoms with Crippen molar-refractivity contribution in [3.8, 4) is 12.3 Å². The predicted molar refractivity (Wildman–Crippen MR) is 238 cm³/mol. The fourth-order valence-electron chi connectivity index (χ4n) is 8.80. The van der Waals surface area contributed by atoms with Crippen molar-refractivity contribution in [3.05, 3.63) is 35.9 Å². The number of rotatable bonds is 8. The number of cyclic esters (lactones) is 2. The van der Waals surface area contributed by atoms with E-state index < -0.39 is 119 Å². The van der Waals surface area contributed by atoms with Crippen LogP contribution in [0.4, 0.5) is 0 Å². The summed E-state index contributed by atoms with van der Waals surface area (Å²) < 4.78 is 12.0. The number of ether oxygens (including phenoxy) is 2. The SMILES string of the molecule is C#CCCC[C@@H]1OC(=O)C(Cc2ccccc2)NC(=O)C(C(C)C)NC(=O)C2CCCN2C(=O)C2CCCN2C(=O)[C@H](C)OC(=O)C(C(C)C)N(C)C(=O)[C@H](C(C)C)NC(=O)C1(C)C. The number of likely N-dealkylation sites (N-methyl/N-ethyl adjacent to an activating group) is 1. The fraction of sp³-hybridized carbons (Fsp3) is 0.667. The Morgan fingerprint density at radius 2 is 1.33 bits per heavy atom. The number of unbranched alkanes of at least 4 members (excludes halogenated alkanes) is 1. The third-order valence-corrected chi connectivity index (χ3v) is 12.7. The molecule has 0 aromatic heterocycles. The first-order valence-corrected chi connectivity index (χ1v) is 22.8. The van der Waals surface area contributed by atoms with Crippen LogP contribution < -0.4 is 16.0 Å². The average Bonchev–Trinajstić information content (AvgIpc) is 3.94. The molecule has 1 aromatic rings. The molecule has 3 aliphatic rings. The highest BCUT2D eigenvalue weighted by atomic mass is 16.6. The van der Waals surface area contributed by atoms with E-state index in [1.165, 1.54) is 28.7 Å². The highest BCUT2D eigenvalue weighted by Crippen LogP contribution is 2.31. The Morgan fingerprint density at radius 1 is 0.734 bits per heavy atom. The number of esters is 2. The van der Waals surface area contributed by atoms with Gasteiger partial charge in [-0.15, -0.1) is 12.3 Å². The molecule has 16 heteroatoms. The van der Waals surface area contributed by atoms with Gasteiger partial charge in [0.1, 0.15) is 42.4 Å². The second kappa shape index (κ2) is 22.4. The van der Waals surface area contributed by atoms with Crippen LogP contribution in [0.25, 0.3) is 0 Å². The van der Waals surface area contributed by atoms with Crippen LogP contribution in [0.15, 0.2) is 30.3 Å². The lowest BCUT2D eigenvalue weighted by Gasteiger charge is -2.37. The van der Waals surface area contributed by atoms with Crippen molar-refractivity contribution in [2.75, 3.05) is 20.1 Å². The number of benzene rings is 1. The summed E-state index contributed by atoms with van der Waals surface area (Å²) in [5, 5.41) is 8.56. The first-order chi connectivity index (χ1) is 30.1. The summed E-state index contributed by atoms with van der Waals surface area (Å²) in [7, 11) is 1.44. The van der Waals surface area contributed by atoms with Gasteiger partial charge in [-0.05, 0) is 82.6 Å². The summed E-state index contributed by atoms with van der Waals surface area (Å²) in [4.78, 5) is 118. The number of terminal acetylenes is 1. The first kappa shape index (κ1) is 51.2. The number of nitrogens with zero attached hydrogens (tertiary/aromatic N) is 3. The summed E-state index contributed by atoms with van der Waals surface area (Å²) in [5.41, 5.74) is -0.748. The molecule has 0 aliphatic carbocycles. The third kappa shape index (κ3) is 12.2. The molecular formula is C48H70N6O10. The Hall–Kier alpha value is -5.46. The Morgan fingerprint density at radius 3 is 1.91 bits per heavy atom. The van der Waals surface area contributed by atoms with Crippen LogP contribution in [-0.4, -0.2) is 131 Å². The van der Waals surface area contributed by atoms with Crippen molar-refractivity contribution in [2.45, 2.75) is 162 Å². The molecule has 352 valence electrons. The number of carbonyl (C=O) groups excluding carboxylic acids is 8. The van der Waals surface area contributed by atoms with E-state index in [4.69, 9.17) is 15.9 Å². The second-order valence-corrected chi connectivity index (χ2v) is 19.0. The molecule has 16 nitrogen and oxygen atoms in total. The van der Waals surface area contributed by atoms with Crippen LogP contribution >= 0.6 is 0 Å². The minimum absolute atomic E-state index is 0.0176. The van der Waals surface area contributed by atoms with E-state index in [1.807, 2.05) is 6.07 Å². The largest absolute Gasteiger partial charge is 0.460 e. The van der Waals surface area contributed by atoms with Crippen molar-refractivity contribution in [2.24, 2.45) is 23.2 Å². The van der Waals surface area contributed by atoms with E-state index >= 15 is 0 Å². The van der Waals surface area contributed by atoms with Gasteiger partial charge in [0.2, 0.25) is 29.5 Å². The zero-order chi connectivity index (χ0) is 47.6. The van der Waals surface area contributed by atoms with Gasteiger partial charge in [0.15, 0.2) is 6.10 Å². The van der Waals surface area contributed by atoms with Crippen molar-refractivity contribution in [1.82, 2.24) is 30.7 Å². The highest BCUT2D eigenvalue weighted by Gasteiger charge is 2.47. The van der Waals surface area contributed by atoms with E-state index in [1.54, 1.807) is 79.7 Å². The number of fused-ring (bicyclic) bond motifs is 2. The molecule has 3 N–H and O–H groups in total. The number of amides is 6. The van der Waals surface area contributed by atoms with E-state index in [0.29, 0.717) is 44.1 Å². The third-order valence-electron chi connectivity index (χ3n) is 12.7. The molecule has 3 aliphatic heterocycles. The molecule has 3 fully saturated rings. The molecule has 0 saturated carbocycles. The lowest BCUT2D eigenvalue weighted by atomic mass is 9.82. The maximum atomic E-state index is 14.4. The van der Waals surface area contributed by atoms with Crippen molar-refractivity contribution in [1.29, 1.82) is 0 Å². The van der Waals surface area contributed by atoms with Gasteiger partial charge in [-0.3, -0.25) is 28.8 Å². The fourth-order valence-corrected chi connectivity index (χ4v) is 8.80. The highest BCUT2D eigenvalue weighted by molar-refractivity contribution is 5.97. The summed E-state index contributed by atoms with van der Waals surface area (Å²) >= 11 is 0. The quantitative estimate of drug-likeness (QED) is 0.198. The summed E-state index contributed by atoms with van der Waals surface area (Å²) in [5.74, 6) is -3.89. The van der Waals surface area contributed by atoms with Gasteiger partial charge in [-0.25, -0.2) is 9.59 Å². The van der Waals surface area contributed by atoms with Gasteiger partial charge < -0.3 is 40.1 Å². The van der Waals surface area contributed by atoms with Gasteiger partial charge in [0, 0.05) is 33.0 Å². The lowest BCUT2D eigenvalue weighted by Crippen LogP contribution is -2.59. The number of nitrogens with one attached hydrogen (secondary N) is 3. The van der Waals surface area contributed by atoms with Crippen molar-refractivity contribution < 1.29 is 47.8 Å². The van der Waals surface area contributed by atoms with E-state index in [9.17, 15) is 38.4 Å². The molecule has 6 amide bonds. The monoisotopic (exact) mass is 891 g/mol. The molecule has 0 bridgehead atoms. The molecule has 3 heterocycles. The van der Waals surface area contributed by atoms with Crippen LogP contribution in [0, 0.1) is 35.5 Å². The zero-order valence-corrected chi connectivity index (χ0v) is 39.3. The van der Waals surface area contributed by atoms with Crippen LogP contribution in [0.5, 0.6) is 0 Å². The topological polar surface area (TPSA) is 201 Å². The van der Waals surface area contributed by atoms with E-state index in [-0.39, 0.29) is 25.9 Å². The first-order valence-electron chi connectivity index (χ1n) is 22.8. The summed E-state index contributed by atoms with van der Waals surface area (Å²) in [6.45, 7) is 15.6. The standard InChI is InChI=1S/C48H70N6O10/c1-12-13-15-24-36-48(9,10)47(62)51-38(29(4)5)44(59)52(11)39(30(6)7)46(61)63-31(8)42(57)54-26-19-23-35(54)43(58)53-25-18-22-34(53)40(55)50-37(28(2)3)41(56)49-33(45(60)64-36)27-32-20-16-14-17-21-32/h1,14,16-17,20-21,28-31,33-39H,13,15,18-19,22-27H2,2-11H3,(H,49,56)(H,50,55)(H,51,62)/t31-,33?,34?,35?,36-,37?,38-,39?/m0/s1. The van der Waals surface area contributed by atoms with Crippen molar-refractivity contribution >= 4 is 47.4 Å². The Bertz CT molecular complexity index is 1910. The minimum atomic E-state index is -1.46. The molecule has 3 saturated heterocycles. The smallest absolute Gasteiger partial charge is 0.329 e. The van der Waals surface area contributed by atoms with Gasteiger partial charge in [-0.1, -0.05) is 71.9 Å².